The smallest absolute Gasteiger partial charge is 0.252 e. The number of rotatable bonds is 4. The molecule has 2 unspecified atom stereocenters. The summed E-state index contributed by atoms with van der Waals surface area (Å²) in [7, 11) is 0. The van der Waals surface area contributed by atoms with Crippen molar-refractivity contribution in [2.24, 2.45) is 0 Å². The van der Waals surface area contributed by atoms with Gasteiger partial charge < -0.3 is 16.0 Å². The normalized spacial score (nSPS) is 19.6. The molecule has 2 aliphatic rings. The molecule has 4 heterocycles. The summed E-state index contributed by atoms with van der Waals surface area (Å²) in [6, 6.07) is 19.6. The number of anilines is 3. The second-order valence-corrected chi connectivity index (χ2v) is 8.92. The average Bonchev–Trinajstić information content (AvgIpc) is 3.41. The number of fused-ring (bicyclic) bond motifs is 2. The van der Waals surface area contributed by atoms with Gasteiger partial charge in [0.1, 0.15) is 5.65 Å². The van der Waals surface area contributed by atoms with E-state index in [0.717, 1.165) is 41.0 Å². The fourth-order valence-corrected chi connectivity index (χ4v) is 4.98. The van der Waals surface area contributed by atoms with Crippen molar-refractivity contribution in [2.45, 2.75) is 18.4 Å². The van der Waals surface area contributed by atoms with Crippen LogP contribution in [0.4, 0.5) is 17.3 Å². The van der Waals surface area contributed by atoms with Crippen LogP contribution in [0.5, 0.6) is 0 Å². The van der Waals surface area contributed by atoms with Gasteiger partial charge in [-0.2, -0.15) is 4.98 Å². The van der Waals surface area contributed by atoms with E-state index in [1.54, 1.807) is 22.9 Å². The first-order valence-corrected chi connectivity index (χ1v) is 11.7. The first-order chi connectivity index (χ1) is 16.7. The minimum Gasteiger partial charge on any atom is -0.382 e. The molecule has 2 atom stereocenters. The molecule has 0 radical (unpaired) electrons. The van der Waals surface area contributed by atoms with E-state index in [2.05, 4.69) is 51.8 Å². The third kappa shape index (κ3) is 3.64. The number of hydrogen-bond acceptors (Lipinski definition) is 6. The molecular formula is C27H26N6O. The van der Waals surface area contributed by atoms with Crippen molar-refractivity contribution in [2.75, 3.05) is 30.3 Å². The summed E-state index contributed by atoms with van der Waals surface area (Å²) in [5.41, 5.74) is 5.68. The number of pyridine rings is 1. The summed E-state index contributed by atoms with van der Waals surface area (Å²) in [6.07, 6.45) is 2.93. The number of nitrogens with one attached hydrogen (secondary N) is 3. The summed E-state index contributed by atoms with van der Waals surface area (Å²) >= 11 is 0. The van der Waals surface area contributed by atoms with Crippen LogP contribution < -0.4 is 21.5 Å². The monoisotopic (exact) mass is 450 g/mol. The van der Waals surface area contributed by atoms with Gasteiger partial charge in [-0.1, -0.05) is 36.9 Å². The van der Waals surface area contributed by atoms with Crippen LogP contribution in [0.3, 0.4) is 0 Å². The predicted molar refractivity (Wildman–Crippen MR) is 137 cm³/mol. The topological polar surface area (TPSA) is 83.9 Å². The van der Waals surface area contributed by atoms with E-state index in [4.69, 9.17) is 4.98 Å². The molecular weight excluding hydrogens is 424 g/mol. The summed E-state index contributed by atoms with van der Waals surface area (Å²) < 4.78 is 1.73. The van der Waals surface area contributed by atoms with Gasteiger partial charge in [0.05, 0.1) is 6.04 Å². The fourth-order valence-electron chi connectivity index (χ4n) is 4.98. The van der Waals surface area contributed by atoms with E-state index < -0.39 is 0 Å². The highest BCUT2D eigenvalue weighted by atomic mass is 16.1. The van der Waals surface area contributed by atoms with Gasteiger partial charge in [-0.3, -0.25) is 9.36 Å². The lowest BCUT2D eigenvalue weighted by molar-refractivity contribution is 0.633. The quantitative estimate of drug-likeness (QED) is 0.430. The number of benzene rings is 2. The molecule has 7 heteroatoms. The standard InChI is InChI=1S/C27H26N6O/c1-17-22-4-2-3-5-23(22)29-16-24(17)33-25(34)11-8-20-15-30-27(32-26(20)33)31-21-9-6-18(7-10-21)19-12-13-28-14-19/h2-11,15,19,24,28-29H,1,12-14,16H2,(H,30,31,32). The van der Waals surface area contributed by atoms with Crippen LogP contribution in [-0.4, -0.2) is 34.2 Å². The Balaban J connectivity index is 1.34. The average molecular weight is 451 g/mol. The van der Waals surface area contributed by atoms with Crippen LogP contribution in [0.2, 0.25) is 0 Å². The lowest BCUT2D eigenvalue weighted by Crippen LogP contribution is -2.32. The van der Waals surface area contributed by atoms with Crippen molar-refractivity contribution < 1.29 is 0 Å². The van der Waals surface area contributed by atoms with Gasteiger partial charge in [-0.15, -0.1) is 0 Å². The van der Waals surface area contributed by atoms with Crippen LogP contribution >= 0.6 is 0 Å². The maximum atomic E-state index is 13.0. The van der Waals surface area contributed by atoms with E-state index in [9.17, 15) is 4.79 Å². The number of aromatic nitrogens is 3. The van der Waals surface area contributed by atoms with Crippen LogP contribution in [0.15, 0.2) is 78.2 Å². The molecule has 2 aromatic carbocycles. The van der Waals surface area contributed by atoms with Crippen molar-refractivity contribution in [1.82, 2.24) is 19.9 Å². The zero-order valence-electron chi connectivity index (χ0n) is 18.8. The first kappa shape index (κ1) is 20.6. The molecule has 0 amide bonds. The summed E-state index contributed by atoms with van der Waals surface area (Å²) in [4.78, 5) is 22.3. The highest BCUT2D eigenvalue weighted by molar-refractivity contribution is 5.82. The Bertz CT molecular complexity index is 1440. The highest BCUT2D eigenvalue weighted by Gasteiger charge is 2.26. The number of hydrogen-bond donors (Lipinski definition) is 3. The number of nitrogens with zero attached hydrogens (tertiary/aromatic N) is 3. The largest absolute Gasteiger partial charge is 0.382 e. The van der Waals surface area contributed by atoms with E-state index >= 15 is 0 Å². The SMILES string of the molecule is C=C1c2ccccc2NCC1n1c(=O)ccc2cnc(Nc3ccc(C4CCNC4)cc3)nc21. The fraction of sp³-hybridized carbons (Fsp3) is 0.222. The molecule has 7 nitrogen and oxygen atoms in total. The minimum atomic E-state index is -0.242. The summed E-state index contributed by atoms with van der Waals surface area (Å²) in [5, 5.41) is 11.0. The van der Waals surface area contributed by atoms with Gasteiger partial charge in [0.25, 0.3) is 5.56 Å². The molecule has 0 bridgehead atoms. The second kappa shape index (κ2) is 8.43. The van der Waals surface area contributed by atoms with E-state index in [1.165, 1.54) is 12.0 Å². The van der Waals surface area contributed by atoms with Crippen molar-refractivity contribution in [1.29, 1.82) is 0 Å². The summed E-state index contributed by atoms with van der Waals surface area (Å²) in [6.45, 7) is 7.00. The zero-order chi connectivity index (χ0) is 23.1. The predicted octanol–water partition coefficient (Wildman–Crippen LogP) is 4.29. The lowest BCUT2D eigenvalue weighted by atomic mass is 9.94. The number of para-hydroxylation sites is 1. The second-order valence-electron chi connectivity index (χ2n) is 8.92. The third-order valence-electron chi connectivity index (χ3n) is 6.84. The zero-order valence-corrected chi connectivity index (χ0v) is 18.8. The van der Waals surface area contributed by atoms with Gasteiger partial charge in [0.2, 0.25) is 5.95 Å². The molecule has 1 saturated heterocycles. The molecule has 0 saturated carbocycles. The van der Waals surface area contributed by atoms with Crippen LogP contribution in [0.1, 0.15) is 29.5 Å². The van der Waals surface area contributed by atoms with Crippen molar-refractivity contribution >= 4 is 33.9 Å². The van der Waals surface area contributed by atoms with Gasteiger partial charge in [-0.05, 0) is 54.3 Å². The Morgan fingerprint density at radius 3 is 2.71 bits per heavy atom. The van der Waals surface area contributed by atoms with Crippen LogP contribution in [0, 0.1) is 0 Å². The maximum Gasteiger partial charge on any atom is 0.252 e. The Morgan fingerprint density at radius 1 is 1.03 bits per heavy atom. The van der Waals surface area contributed by atoms with Crippen LogP contribution in [-0.2, 0) is 0 Å². The van der Waals surface area contributed by atoms with Gasteiger partial charge in [0.15, 0.2) is 0 Å². The molecule has 0 spiro atoms. The Labute approximate surface area is 197 Å². The Morgan fingerprint density at radius 2 is 1.88 bits per heavy atom. The Kier molecular flexibility index (Phi) is 5.11. The van der Waals surface area contributed by atoms with E-state index in [0.29, 0.717) is 24.1 Å². The third-order valence-corrected chi connectivity index (χ3v) is 6.84. The molecule has 1 fully saturated rings. The van der Waals surface area contributed by atoms with Gasteiger partial charge in [-0.25, -0.2) is 4.98 Å². The maximum absolute atomic E-state index is 13.0. The molecule has 2 aliphatic heterocycles. The molecule has 34 heavy (non-hydrogen) atoms. The van der Waals surface area contributed by atoms with Gasteiger partial charge >= 0.3 is 0 Å². The molecule has 2 aromatic heterocycles. The highest BCUT2D eigenvalue weighted by Crippen LogP contribution is 2.36. The molecule has 3 N–H and O–H groups in total. The van der Waals surface area contributed by atoms with E-state index in [1.807, 2.05) is 24.3 Å². The molecule has 170 valence electrons. The van der Waals surface area contributed by atoms with E-state index in [-0.39, 0.29) is 11.6 Å². The van der Waals surface area contributed by atoms with Crippen molar-refractivity contribution in [3.63, 3.8) is 0 Å². The molecule has 4 aromatic rings. The lowest BCUT2D eigenvalue weighted by Gasteiger charge is -2.30. The molecule has 0 aliphatic carbocycles. The van der Waals surface area contributed by atoms with Crippen LogP contribution in [0.25, 0.3) is 16.6 Å². The minimum absolute atomic E-state index is 0.112. The van der Waals surface area contributed by atoms with Crippen molar-refractivity contribution in [3.05, 3.63) is 94.9 Å². The summed E-state index contributed by atoms with van der Waals surface area (Å²) in [5.74, 6) is 1.03. The molecule has 6 rings (SSSR count). The van der Waals surface area contributed by atoms with Crippen molar-refractivity contribution in [3.8, 4) is 0 Å². The van der Waals surface area contributed by atoms with Gasteiger partial charge in [0, 0.05) is 47.7 Å². The Hall–Kier alpha value is -3.97. The first-order valence-electron chi connectivity index (χ1n) is 11.7.